The minimum atomic E-state index is -0.999. The Kier molecular flexibility index (Phi) is 8.87. The lowest BCUT2D eigenvalue weighted by atomic mass is 9.79. The number of rotatable bonds is 0. The maximum absolute atomic E-state index is 15.1. The molecule has 3 fully saturated rings. The van der Waals surface area contributed by atoms with Gasteiger partial charge >= 0.3 is 0 Å². The van der Waals surface area contributed by atoms with Crippen LogP contribution in [-0.4, -0.2) is 137 Å². The van der Waals surface area contributed by atoms with Crippen LogP contribution in [0.25, 0.3) is 32.3 Å². The molecule has 33 rings (SSSR count). The van der Waals surface area contributed by atoms with Crippen molar-refractivity contribution >= 4 is 103 Å². The molecule has 27 aliphatic rings. The van der Waals surface area contributed by atoms with Crippen LogP contribution in [0.2, 0.25) is 0 Å². The van der Waals surface area contributed by atoms with Gasteiger partial charge in [-0.25, -0.2) is 0 Å². The number of benzene rings is 6. The molecule has 24 aliphatic heterocycles. The molecule has 6 atom stereocenters. The van der Waals surface area contributed by atoms with Crippen LogP contribution < -0.4 is 0 Å². The molecule has 0 radical (unpaired) electrons. The summed E-state index contributed by atoms with van der Waals surface area (Å²) in [5.41, 5.74) is 0.523. The van der Waals surface area contributed by atoms with E-state index in [1.165, 1.54) is 72.8 Å². The molecule has 6 aromatic carbocycles. The molecule has 3 saturated carbocycles. The Bertz CT molecular complexity index is 3250. The van der Waals surface area contributed by atoms with Crippen LogP contribution in [0.5, 0.6) is 0 Å². The van der Waals surface area contributed by atoms with Gasteiger partial charge in [0.15, 0.2) is 0 Å². The van der Waals surface area contributed by atoms with Crippen molar-refractivity contribution in [3.63, 3.8) is 0 Å². The van der Waals surface area contributed by atoms with Gasteiger partial charge in [-0.2, -0.15) is 0 Å². The summed E-state index contributed by atoms with van der Waals surface area (Å²) in [6.45, 7) is 0. The Labute approximate surface area is 441 Å². The summed E-state index contributed by atoms with van der Waals surface area (Å²) in [6, 6.07) is 11.3. The molecule has 384 valence electrons. The Hall–Kier alpha value is -9.06. The van der Waals surface area contributed by atoms with E-state index in [0.717, 1.165) is 29.4 Å². The third-order valence-corrected chi connectivity index (χ3v) is 18.9. The van der Waals surface area contributed by atoms with Crippen LogP contribution in [0.4, 0.5) is 0 Å². The van der Waals surface area contributed by atoms with E-state index in [1.807, 2.05) is 0 Å². The smallest absolute Gasteiger partial charge is 0.261 e. The lowest BCUT2D eigenvalue weighted by Gasteiger charge is -2.47. The number of hydrogen-bond donors (Lipinski definition) is 0. The summed E-state index contributed by atoms with van der Waals surface area (Å²) in [5.74, 6) is -8.74. The van der Waals surface area contributed by atoms with Gasteiger partial charge < -0.3 is 0 Å². The average Bonchev–Trinajstić information content (AvgIpc) is 3.48. The monoisotopic (exact) mass is 1040 g/mol. The molecule has 0 N–H and O–H groups in total. The topological polar surface area (TPSA) is 224 Å². The summed E-state index contributed by atoms with van der Waals surface area (Å²) >= 11 is 0. The van der Waals surface area contributed by atoms with Gasteiger partial charge in [-0.1, -0.05) is 38.5 Å². The van der Waals surface area contributed by atoms with Crippen molar-refractivity contribution < 1.29 is 57.5 Å². The molecule has 0 saturated heterocycles. The third kappa shape index (κ3) is 5.32. The second kappa shape index (κ2) is 15.3. The summed E-state index contributed by atoms with van der Waals surface area (Å²) in [7, 11) is 0. The second-order valence-electron chi connectivity index (χ2n) is 22.4. The summed E-state index contributed by atoms with van der Waals surface area (Å²) in [6.07, 6.45) is 4.74. The molecule has 6 aromatic rings. The van der Waals surface area contributed by atoms with E-state index in [-0.39, 0.29) is 138 Å². The van der Waals surface area contributed by atoms with Crippen molar-refractivity contribution in [3.05, 3.63) is 140 Å². The van der Waals surface area contributed by atoms with Gasteiger partial charge in [-0.3, -0.25) is 86.9 Å². The van der Waals surface area contributed by atoms with E-state index in [2.05, 4.69) is 0 Å². The van der Waals surface area contributed by atoms with E-state index < -0.39 is 107 Å². The molecule has 24 bridgehead atoms. The molecule has 0 aromatic heterocycles. The van der Waals surface area contributed by atoms with Crippen LogP contribution in [0, 0.1) is 0 Å². The summed E-state index contributed by atoms with van der Waals surface area (Å²) in [4.78, 5) is 187. The Morgan fingerprint density at radius 2 is 0.295 bits per heavy atom. The molecule has 24 heterocycles. The lowest BCUT2D eigenvalue weighted by molar-refractivity contribution is 0.0234. The van der Waals surface area contributed by atoms with Gasteiger partial charge in [0, 0.05) is 99.1 Å². The van der Waals surface area contributed by atoms with Gasteiger partial charge in [-0.15, -0.1) is 0 Å². The maximum atomic E-state index is 15.1. The average molecular weight is 1040 g/mol. The minimum absolute atomic E-state index is 0.0436. The predicted molar refractivity (Wildman–Crippen MR) is 273 cm³/mol. The molecular formula is C60H42N6O12. The fraction of sp³-hybridized carbons (Fsp3) is 0.300. The molecular weight excluding hydrogens is 997 g/mol. The zero-order chi connectivity index (χ0) is 53.2. The van der Waals surface area contributed by atoms with E-state index in [0.29, 0.717) is 38.5 Å². The molecule has 78 heavy (non-hydrogen) atoms. The molecule has 18 heteroatoms. The van der Waals surface area contributed by atoms with Crippen molar-refractivity contribution in [2.75, 3.05) is 0 Å². The van der Waals surface area contributed by atoms with E-state index >= 15 is 57.5 Å². The standard InChI is InChI=1S/C60H42N6O12/c67-49-25-13-15-29-45-30-16-14-26(43(25)45)50(68)61(49)37-7-1-2-8-38(37)62-51(69)27-17-19-31-46-32(20-18-28(44(27)46)52(62)70)56(74)64(55(31)73)41-11-5-6-12-42(41)66-59(77)35-23-21-33-47-34(22-24-36(48(35)47)60(66)78)58(76)65(57(33)75)40-10-4-3-9-39(40)63(53(29)71)54(30)72/h13-24,37-42H,1-12H2/t37-,38-,39?,40-,41?,42-/m1/s1. The van der Waals surface area contributed by atoms with Crippen LogP contribution in [0.3, 0.4) is 0 Å². The van der Waals surface area contributed by atoms with Crippen LogP contribution >= 0.6 is 0 Å². The van der Waals surface area contributed by atoms with Crippen molar-refractivity contribution in [1.82, 2.24) is 29.4 Å². The van der Waals surface area contributed by atoms with Crippen molar-refractivity contribution in [2.45, 2.75) is 113 Å². The number of imide groups is 6. The number of hydrogen-bond acceptors (Lipinski definition) is 12. The van der Waals surface area contributed by atoms with E-state index in [1.54, 1.807) is 0 Å². The number of carbonyl (C=O) groups excluding carboxylic acids is 12. The van der Waals surface area contributed by atoms with Gasteiger partial charge in [-0.05, 0) is 111 Å². The fourth-order valence-electron chi connectivity index (χ4n) is 15.6. The molecule has 2 unspecified atom stereocenters. The first kappa shape index (κ1) is 45.2. The van der Waals surface area contributed by atoms with Crippen molar-refractivity contribution in [2.24, 2.45) is 0 Å². The predicted octanol–water partition coefficient (Wildman–Crippen LogP) is 7.07. The van der Waals surface area contributed by atoms with Crippen molar-refractivity contribution in [3.8, 4) is 0 Å². The first-order valence-corrected chi connectivity index (χ1v) is 26.8. The highest BCUT2D eigenvalue weighted by molar-refractivity contribution is 6.37. The number of nitrogens with zero attached hydrogens (tertiary/aromatic N) is 6. The molecule has 3 aliphatic carbocycles. The summed E-state index contributed by atoms with van der Waals surface area (Å²) in [5, 5.41) is 0.685. The fourth-order valence-corrected chi connectivity index (χ4v) is 15.6. The maximum Gasteiger partial charge on any atom is 0.261 e. The first-order valence-electron chi connectivity index (χ1n) is 26.8. The Morgan fingerprint density at radius 3 is 0.397 bits per heavy atom. The van der Waals surface area contributed by atoms with Crippen LogP contribution in [0.1, 0.15) is 201 Å². The summed E-state index contributed by atoms with van der Waals surface area (Å²) < 4.78 is 0. The SMILES string of the molecule is O=C1c2ccc3c4c5ccc(c24)C(=O)N1C1CCCC[C@H]1N1C(=O)c2ccc4c6c(ccc(c26)C1=O)C(=O)N(C4=O)[C@@H]1CCCCC1N1C(=O)c2ccc4c6c(ccc(c26)C1=O)C(=O)N(C4=O)[C@@H]1CCCC[C@H]1N(C3=O)C5=O. The van der Waals surface area contributed by atoms with Crippen LogP contribution in [0.15, 0.2) is 72.8 Å². The van der Waals surface area contributed by atoms with E-state index in [4.69, 9.17) is 0 Å². The zero-order valence-corrected chi connectivity index (χ0v) is 41.5. The molecule has 18 nitrogen and oxygen atoms in total. The Balaban J connectivity index is 0.894. The van der Waals surface area contributed by atoms with E-state index in [9.17, 15) is 0 Å². The highest BCUT2D eigenvalue weighted by Crippen LogP contribution is 2.48. The van der Waals surface area contributed by atoms with Gasteiger partial charge in [0.2, 0.25) is 0 Å². The highest BCUT2D eigenvalue weighted by atomic mass is 16.2. The third-order valence-electron chi connectivity index (χ3n) is 18.9. The largest absolute Gasteiger partial charge is 0.269 e. The minimum Gasteiger partial charge on any atom is -0.269 e. The number of amides is 12. The van der Waals surface area contributed by atoms with Gasteiger partial charge in [0.1, 0.15) is 0 Å². The highest BCUT2D eigenvalue weighted by Gasteiger charge is 2.54. The first-order chi connectivity index (χ1) is 37.8. The quantitative estimate of drug-likeness (QED) is 0.139. The van der Waals surface area contributed by atoms with Gasteiger partial charge in [0.05, 0.1) is 36.3 Å². The number of carbonyl (C=O) groups is 12. The second-order valence-corrected chi connectivity index (χ2v) is 22.4. The van der Waals surface area contributed by atoms with Gasteiger partial charge in [0.25, 0.3) is 70.9 Å². The van der Waals surface area contributed by atoms with Crippen molar-refractivity contribution in [1.29, 1.82) is 0 Å². The molecule has 0 spiro atoms. The normalized spacial score (nSPS) is 26.0. The zero-order valence-electron chi connectivity index (χ0n) is 41.5. The Morgan fingerprint density at radius 1 is 0.192 bits per heavy atom. The lowest BCUT2D eigenvalue weighted by Crippen LogP contribution is -2.62. The molecule has 12 amide bonds. The van der Waals surface area contributed by atoms with Crippen LogP contribution in [-0.2, 0) is 0 Å².